The Bertz CT molecular complexity index is 1230. The highest BCUT2D eigenvalue weighted by Gasteiger charge is 2.57. The molecule has 1 fully saturated rings. The van der Waals surface area contributed by atoms with Crippen LogP contribution in [0.15, 0.2) is 63.8 Å². The molecule has 2 amide bonds. The Morgan fingerprint density at radius 2 is 1.90 bits per heavy atom. The molecule has 1 saturated heterocycles. The third-order valence-electron chi connectivity index (χ3n) is 5.43. The van der Waals surface area contributed by atoms with Crippen LogP contribution in [0.3, 0.4) is 0 Å². The fourth-order valence-electron chi connectivity index (χ4n) is 4.16. The van der Waals surface area contributed by atoms with Crippen LogP contribution >= 0.6 is 11.8 Å². The van der Waals surface area contributed by atoms with E-state index in [1.807, 2.05) is 38.1 Å². The highest BCUT2D eigenvalue weighted by atomic mass is 32.2. The predicted molar refractivity (Wildman–Crippen MR) is 112 cm³/mol. The molecule has 5 rings (SSSR count). The zero-order valence-corrected chi connectivity index (χ0v) is 16.7. The molecule has 6 nitrogen and oxygen atoms in total. The molecule has 0 aliphatic carbocycles. The second-order valence-corrected chi connectivity index (χ2v) is 9.51. The Morgan fingerprint density at radius 3 is 2.72 bits per heavy atom. The first-order chi connectivity index (χ1) is 13.8. The molecule has 0 saturated carbocycles. The lowest BCUT2D eigenvalue weighted by Crippen LogP contribution is -2.50. The van der Waals surface area contributed by atoms with Crippen molar-refractivity contribution in [3.63, 3.8) is 0 Å². The number of nitrogens with one attached hydrogen (secondary N) is 1. The third kappa shape index (κ3) is 2.76. The number of rotatable bonds is 2. The second-order valence-electron chi connectivity index (χ2n) is 7.77. The van der Waals surface area contributed by atoms with Crippen molar-refractivity contribution in [3.05, 3.63) is 76.1 Å². The van der Waals surface area contributed by atoms with E-state index in [2.05, 4.69) is 5.32 Å². The summed E-state index contributed by atoms with van der Waals surface area (Å²) in [6.45, 7) is 3.98. The van der Waals surface area contributed by atoms with Gasteiger partial charge in [0.2, 0.25) is 5.91 Å². The van der Waals surface area contributed by atoms with Gasteiger partial charge in [0.1, 0.15) is 17.0 Å². The smallest absolute Gasteiger partial charge is 0.336 e. The summed E-state index contributed by atoms with van der Waals surface area (Å²) in [5, 5.41) is 3.50. The topological polar surface area (TPSA) is 79.6 Å². The molecule has 7 heteroatoms. The first-order valence-electron chi connectivity index (χ1n) is 9.29. The van der Waals surface area contributed by atoms with E-state index in [-0.39, 0.29) is 17.2 Å². The molecule has 0 spiro atoms. The molecule has 0 bridgehead atoms. The van der Waals surface area contributed by atoms with E-state index in [0.29, 0.717) is 22.2 Å². The minimum atomic E-state index is -0.609. The van der Waals surface area contributed by atoms with Gasteiger partial charge in [0.15, 0.2) is 0 Å². The molecule has 0 unspecified atom stereocenters. The zero-order chi connectivity index (χ0) is 20.3. The van der Waals surface area contributed by atoms with Crippen LogP contribution in [-0.4, -0.2) is 27.5 Å². The molecule has 3 heterocycles. The first-order valence-corrected chi connectivity index (χ1v) is 10.2. The largest absolute Gasteiger partial charge is 0.423 e. The fraction of sp³-hybridized carbons (Fsp3) is 0.227. The van der Waals surface area contributed by atoms with Gasteiger partial charge < -0.3 is 14.6 Å². The molecule has 3 aromatic rings. The van der Waals surface area contributed by atoms with Gasteiger partial charge in [-0.15, -0.1) is 11.8 Å². The van der Waals surface area contributed by atoms with Gasteiger partial charge >= 0.3 is 5.63 Å². The van der Waals surface area contributed by atoms with Gasteiger partial charge in [-0.3, -0.25) is 9.59 Å². The van der Waals surface area contributed by atoms with Gasteiger partial charge in [-0.25, -0.2) is 4.79 Å². The van der Waals surface area contributed by atoms with Crippen LogP contribution in [0.1, 0.15) is 35.1 Å². The molecule has 29 heavy (non-hydrogen) atoms. The fourth-order valence-corrected chi connectivity index (χ4v) is 5.75. The van der Waals surface area contributed by atoms with Crippen molar-refractivity contribution in [3.8, 4) is 0 Å². The van der Waals surface area contributed by atoms with Crippen molar-refractivity contribution < 1.29 is 14.0 Å². The number of hydrogen-bond donors (Lipinski definition) is 1. The van der Waals surface area contributed by atoms with E-state index in [1.54, 1.807) is 40.9 Å². The predicted octanol–water partition coefficient (Wildman–Crippen LogP) is 3.78. The van der Waals surface area contributed by atoms with Crippen LogP contribution in [0, 0.1) is 0 Å². The highest BCUT2D eigenvalue weighted by Crippen LogP contribution is 2.56. The summed E-state index contributed by atoms with van der Waals surface area (Å²) in [5.74, 6) is -0.341. The molecule has 2 aliphatic heterocycles. The maximum Gasteiger partial charge on any atom is 0.336 e. The lowest BCUT2D eigenvalue weighted by molar-refractivity contribution is -0.121. The SMILES string of the molecule is CC1(C)S[C@@H]2c3ccccc3C(=O)N2[C@@H]1C(=O)Nc1ccc2oc(=O)ccc2c1. The van der Waals surface area contributed by atoms with Crippen molar-refractivity contribution in [1.29, 1.82) is 0 Å². The van der Waals surface area contributed by atoms with Crippen LogP contribution in [0.25, 0.3) is 11.0 Å². The van der Waals surface area contributed by atoms with Gasteiger partial charge in [0.05, 0.1) is 0 Å². The molecule has 2 aromatic carbocycles. The average molecular weight is 406 g/mol. The van der Waals surface area contributed by atoms with E-state index in [0.717, 1.165) is 5.56 Å². The lowest BCUT2D eigenvalue weighted by atomic mass is 10.0. The number of fused-ring (bicyclic) bond motifs is 4. The Balaban J connectivity index is 1.47. The van der Waals surface area contributed by atoms with E-state index < -0.39 is 16.4 Å². The molecular weight excluding hydrogens is 388 g/mol. The molecular formula is C22H18N2O4S. The van der Waals surface area contributed by atoms with Crippen LogP contribution in [0.5, 0.6) is 0 Å². The maximum absolute atomic E-state index is 13.3. The van der Waals surface area contributed by atoms with Crippen molar-refractivity contribution >= 4 is 40.2 Å². The summed E-state index contributed by atoms with van der Waals surface area (Å²) in [4.78, 5) is 39.3. The lowest BCUT2D eigenvalue weighted by Gasteiger charge is -2.29. The van der Waals surface area contributed by atoms with Crippen molar-refractivity contribution in [2.24, 2.45) is 0 Å². The standard InChI is InChI=1S/C22H18N2O4S/c1-22(2)18(24-20(27)14-5-3-4-6-15(14)21(24)29-22)19(26)23-13-8-9-16-12(11-13)7-10-17(25)28-16/h3-11,18,21H,1-2H3,(H,23,26)/t18-,21-/m1/s1. The Hall–Kier alpha value is -3.06. The highest BCUT2D eigenvalue weighted by molar-refractivity contribution is 8.01. The van der Waals surface area contributed by atoms with E-state index in [1.165, 1.54) is 6.07 Å². The minimum Gasteiger partial charge on any atom is -0.423 e. The van der Waals surface area contributed by atoms with Crippen LogP contribution < -0.4 is 10.9 Å². The Morgan fingerprint density at radius 1 is 1.10 bits per heavy atom. The van der Waals surface area contributed by atoms with Gasteiger partial charge in [-0.05, 0) is 49.7 Å². The van der Waals surface area contributed by atoms with Gasteiger partial charge in [-0.1, -0.05) is 18.2 Å². The number of anilines is 1. The average Bonchev–Trinajstić information content (AvgIpc) is 3.11. The Kier molecular flexibility index (Phi) is 3.86. The zero-order valence-electron chi connectivity index (χ0n) is 15.8. The molecule has 2 aliphatic rings. The number of nitrogens with zero attached hydrogens (tertiary/aromatic N) is 1. The number of amides is 2. The van der Waals surface area contributed by atoms with Gasteiger partial charge in [0, 0.05) is 27.5 Å². The quantitative estimate of drug-likeness (QED) is 0.655. The van der Waals surface area contributed by atoms with Gasteiger partial charge in [0.25, 0.3) is 5.91 Å². The molecule has 0 radical (unpaired) electrons. The normalized spacial score (nSPS) is 21.9. The third-order valence-corrected chi connectivity index (χ3v) is 6.97. The summed E-state index contributed by atoms with van der Waals surface area (Å²) in [5.41, 5.74) is 2.25. The van der Waals surface area contributed by atoms with E-state index in [9.17, 15) is 14.4 Å². The van der Waals surface area contributed by atoms with Gasteiger partial charge in [-0.2, -0.15) is 0 Å². The van der Waals surface area contributed by atoms with Crippen molar-refractivity contribution in [2.75, 3.05) is 5.32 Å². The Labute approximate surface area is 170 Å². The van der Waals surface area contributed by atoms with Crippen LogP contribution in [-0.2, 0) is 4.79 Å². The first kappa shape index (κ1) is 18.0. The van der Waals surface area contributed by atoms with Crippen LogP contribution in [0.2, 0.25) is 0 Å². The molecule has 1 N–H and O–H groups in total. The van der Waals surface area contributed by atoms with E-state index in [4.69, 9.17) is 4.42 Å². The summed E-state index contributed by atoms with van der Waals surface area (Å²) in [6.07, 6.45) is 0. The summed E-state index contributed by atoms with van der Waals surface area (Å²) >= 11 is 1.63. The number of benzene rings is 2. The molecule has 2 atom stereocenters. The molecule has 146 valence electrons. The second kappa shape index (κ2) is 6.22. The summed E-state index contributed by atoms with van der Waals surface area (Å²) in [7, 11) is 0. The number of thioether (sulfide) groups is 1. The number of carbonyl (C=O) groups is 2. The van der Waals surface area contributed by atoms with E-state index >= 15 is 0 Å². The molecule has 1 aromatic heterocycles. The summed E-state index contributed by atoms with van der Waals surface area (Å²) in [6, 6.07) is 15.0. The van der Waals surface area contributed by atoms with Crippen LogP contribution in [0.4, 0.5) is 5.69 Å². The van der Waals surface area contributed by atoms with Crippen molar-refractivity contribution in [2.45, 2.75) is 30.0 Å². The monoisotopic (exact) mass is 406 g/mol. The van der Waals surface area contributed by atoms with Crippen molar-refractivity contribution in [1.82, 2.24) is 4.90 Å². The summed E-state index contributed by atoms with van der Waals surface area (Å²) < 4.78 is 4.69. The number of hydrogen-bond acceptors (Lipinski definition) is 5. The minimum absolute atomic E-state index is 0.107. The maximum atomic E-state index is 13.3. The number of carbonyl (C=O) groups excluding carboxylic acids is 2.